The van der Waals surface area contributed by atoms with Gasteiger partial charge in [0.25, 0.3) is 5.24 Å². The fraction of sp³-hybridized carbons (Fsp3) is 0. The molecule has 0 N–H and O–H groups in total. The van der Waals surface area contributed by atoms with E-state index in [1.807, 2.05) is 0 Å². The SMILES string of the molecule is N#Cc1cc(F)ncc1C(=O)Cl. The van der Waals surface area contributed by atoms with E-state index in [1.54, 1.807) is 6.07 Å². The minimum atomic E-state index is -0.820. The molecular weight excluding hydrogens is 183 g/mol. The van der Waals surface area contributed by atoms with Crippen molar-refractivity contribution in [2.45, 2.75) is 0 Å². The first-order chi connectivity index (χ1) is 5.65. The maximum atomic E-state index is 12.4. The highest BCUT2D eigenvalue weighted by Crippen LogP contribution is 2.09. The molecule has 0 aliphatic heterocycles. The lowest BCUT2D eigenvalue weighted by Gasteiger charge is -1.95. The van der Waals surface area contributed by atoms with Crippen LogP contribution in [0.4, 0.5) is 4.39 Å². The molecule has 0 saturated carbocycles. The zero-order valence-corrected chi connectivity index (χ0v) is 6.47. The van der Waals surface area contributed by atoms with Crippen molar-refractivity contribution in [3.05, 3.63) is 29.3 Å². The van der Waals surface area contributed by atoms with E-state index in [9.17, 15) is 9.18 Å². The summed E-state index contributed by atoms with van der Waals surface area (Å²) in [6.45, 7) is 0. The maximum Gasteiger partial charge on any atom is 0.255 e. The number of pyridine rings is 1. The summed E-state index contributed by atoms with van der Waals surface area (Å²) in [6, 6.07) is 2.49. The summed E-state index contributed by atoms with van der Waals surface area (Å²) in [5.41, 5.74) is -0.192. The number of nitriles is 1. The van der Waals surface area contributed by atoms with E-state index in [4.69, 9.17) is 16.9 Å². The topological polar surface area (TPSA) is 53.8 Å². The van der Waals surface area contributed by atoms with Crippen LogP contribution in [0.5, 0.6) is 0 Å². The molecule has 3 nitrogen and oxygen atoms in total. The molecule has 1 aromatic rings. The van der Waals surface area contributed by atoms with E-state index in [0.717, 1.165) is 12.3 Å². The van der Waals surface area contributed by atoms with E-state index < -0.39 is 11.2 Å². The number of hydrogen-bond acceptors (Lipinski definition) is 3. The zero-order valence-electron chi connectivity index (χ0n) is 5.71. The normalized spacial score (nSPS) is 9.08. The first-order valence-corrected chi connectivity index (χ1v) is 3.28. The van der Waals surface area contributed by atoms with Gasteiger partial charge in [-0.25, -0.2) is 4.98 Å². The maximum absolute atomic E-state index is 12.4. The van der Waals surface area contributed by atoms with Crippen molar-refractivity contribution in [2.75, 3.05) is 0 Å². The molecular formula is C7H2ClFN2O. The van der Waals surface area contributed by atoms with Crippen LogP contribution in [0.3, 0.4) is 0 Å². The third-order valence-corrected chi connectivity index (χ3v) is 1.41. The first-order valence-electron chi connectivity index (χ1n) is 2.90. The Balaban J connectivity index is 3.32. The van der Waals surface area contributed by atoms with Crippen LogP contribution >= 0.6 is 11.6 Å². The van der Waals surface area contributed by atoms with Gasteiger partial charge in [0.15, 0.2) is 0 Å². The van der Waals surface area contributed by atoms with Crippen LogP contribution in [0.2, 0.25) is 0 Å². The number of aromatic nitrogens is 1. The second-order valence-corrected chi connectivity index (χ2v) is 2.28. The van der Waals surface area contributed by atoms with Crippen molar-refractivity contribution in [1.82, 2.24) is 4.98 Å². The van der Waals surface area contributed by atoms with Crippen molar-refractivity contribution in [1.29, 1.82) is 5.26 Å². The summed E-state index contributed by atoms with van der Waals surface area (Å²) in [7, 11) is 0. The lowest BCUT2D eigenvalue weighted by molar-refractivity contribution is 0.108. The van der Waals surface area contributed by atoms with Gasteiger partial charge < -0.3 is 0 Å². The number of carbonyl (C=O) groups is 1. The second-order valence-electron chi connectivity index (χ2n) is 1.94. The van der Waals surface area contributed by atoms with Gasteiger partial charge in [-0.3, -0.25) is 4.79 Å². The van der Waals surface area contributed by atoms with Gasteiger partial charge in [-0.05, 0) is 11.6 Å². The summed E-state index contributed by atoms with van der Waals surface area (Å²) >= 11 is 5.09. The number of halogens is 2. The molecule has 0 bridgehead atoms. The fourth-order valence-electron chi connectivity index (χ4n) is 0.679. The Morgan fingerprint density at radius 2 is 2.42 bits per heavy atom. The quantitative estimate of drug-likeness (QED) is 0.491. The molecule has 5 heteroatoms. The van der Waals surface area contributed by atoms with Crippen LogP contribution in [0.15, 0.2) is 12.3 Å². The molecule has 12 heavy (non-hydrogen) atoms. The summed E-state index contributed by atoms with van der Waals surface area (Å²) in [6.07, 6.45) is 0.934. The van der Waals surface area contributed by atoms with Crippen LogP contribution in [-0.2, 0) is 0 Å². The molecule has 0 unspecified atom stereocenters. The van der Waals surface area contributed by atoms with E-state index in [2.05, 4.69) is 4.98 Å². The highest BCUT2D eigenvalue weighted by atomic mass is 35.5. The molecule has 1 heterocycles. The third-order valence-electron chi connectivity index (χ3n) is 1.20. The van der Waals surface area contributed by atoms with Crippen LogP contribution in [0.25, 0.3) is 0 Å². The monoisotopic (exact) mass is 184 g/mol. The number of hydrogen-bond donors (Lipinski definition) is 0. The Labute approximate surface area is 72.4 Å². The Bertz CT molecular complexity index is 372. The van der Waals surface area contributed by atoms with E-state index in [1.165, 1.54) is 0 Å². The molecule has 0 fully saturated rings. The predicted molar refractivity (Wildman–Crippen MR) is 39.1 cm³/mol. The van der Waals surface area contributed by atoms with Gasteiger partial charge >= 0.3 is 0 Å². The van der Waals surface area contributed by atoms with Gasteiger partial charge in [-0.2, -0.15) is 9.65 Å². The van der Waals surface area contributed by atoms with Crippen molar-refractivity contribution in [2.24, 2.45) is 0 Å². The molecule has 0 atom stereocenters. The van der Waals surface area contributed by atoms with Crippen LogP contribution in [0.1, 0.15) is 15.9 Å². The number of carbonyl (C=O) groups excluding carboxylic acids is 1. The number of rotatable bonds is 1. The van der Waals surface area contributed by atoms with E-state index in [0.29, 0.717) is 0 Å². The Morgan fingerprint density at radius 1 is 1.75 bits per heavy atom. The van der Waals surface area contributed by atoms with Crippen molar-refractivity contribution < 1.29 is 9.18 Å². The molecule has 0 amide bonds. The van der Waals surface area contributed by atoms with E-state index in [-0.39, 0.29) is 11.1 Å². The zero-order chi connectivity index (χ0) is 9.14. The Hall–Kier alpha value is -1.47. The van der Waals surface area contributed by atoms with Gasteiger partial charge in [0.05, 0.1) is 11.1 Å². The number of nitrogens with zero attached hydrogens (tertiary/aromatic N) is 2. The average Bonchev–Trinajstić information content (AvgIpc) is 2.03. The van der Waals surface area contributed by atoms with Gasteiger partial charge in [0, 0.05) is 12.3 Å². The van der Waals surface area contributed by atoms with Gasteiger partial charge in [0.1, 0.15) is 6.07 Å². The first kappa shape index (κ1) is 8.62. The highest BCUT2D eigenvalue weighted by molar-refractivity contribution is 6.67. The molecule has 0 spiro atoms. The molecule has 1 aromatic heterocycles. The smallest absolute Gasteiger partial charge is 0.255 e. The standard InChI is InChI=1S/C7H2ClFN2O/c8-7(12)5-3-11-6(9)1-4(5)2-10/h1,3H. The summed E-state index contributed by atoms with van der Waals surface area (Å²) in [5.74, 6) is -0.812. The minimum absolute atomic E-state index is 0.0828. The molecule has 0 aliphatic rings. The average molecular weight is 185 g/mol. The molecule has 0 radical (unpaired) electrons. The van der Waals surface area contributed by atoms with Gasteiger partial charge in [-0.15, -0.1) is 0 Å². The largest absolute Gasteiger partial charge is 0.275 e. The summed E-state index contributed by atoms with van der Waals surface area (Å²) in [5, 5.41) is 7.62. The molecule has 1 rings (SSSR count). The fourth-order valence-corrected chi connectivity index (χ4v) is 0.830. The molecule has 0 aliphatic carbocycles. The predicted octanol–water partition coefficient (Wildman–Crippen LogP) is 1.47. The lowest BCUT2D eigenvalue weighted by atomic mass is 10.2. The summed E-state index contributed by atoms with van der Waals surface area (Å²) in [4.78, 5) is 13.8. The third kappa shape index (κ3) is 1.57. The second kappa shape index (κ2) is 3.28. The van der Waals surface area contributed by atoms with Crippen molar-refractivity contribution in [3.8, 4) is 6.07 Å². The molecule has 0 saturated heterocycles. The molecule has 60 valence electrons. The van der Waals surface area contributed by atoms with Gasteiger partial charge in [-0.1, -0.05) is 0 Å². The van der Waals surface area contributed by atoms with Gasteiger partial charge in [0.2, 0.25) is 5.95 Å². The Morgan fingerprint density at radius 3 is 2.92 bits per heavy atom. The van der Waals surface area contributed by atoms with E-state index >= 15 is 0 Å². The van der Waals surface area contributed by atoms with Crippen LogP contribution in [0, 0.1) is 17.3 Å². The lowest BCUT2D eigenvalue weighted by Crippen LogP contribution is -1.97. The molecule has 0 aromatic carbocycles. The minimum Gasteiger partial charge on any atom is -0.275 e. The van der Waals surface area contributed by atoms with Crippen molar-refractivity contribution >= 4 is 16.8 Å². The highest BCUT2D eigenvalue weighted by Gasteiger charge is 2.09. The summed E-state index contributed by atoms with van der Waals surface area (Å²) < 4.78 is 12.4. The van der Waals surface area contributed by atoms with Crippen LogP contribution in [-0.4, -0.2) is 10.2 Å². The Kier molecular flexibility index (Phi) is 2.36. The van der Waals surface area contributed by atoms with Crippen molar-refractivity contribution in [3.63, 3.8) is 0 Å². The van der Waals surface area contributed by atoms with Crippen LogP contribution < -0.4 is 0 Å².